The highest BCUT2D eigenvalue weighted by atomic mass is 79.9. The van der Waals surface area contributed by atoms with Crippen LogP contribution < -0.4 is 4.90 Å². The summed E-state index contributed by atoms with van der Waals surface area (Å²) in [6, 6.07) is 4.43. The number of anilines is 1. The number of likely N-dealkylation sites (tertiary alicyclic amines) is 1. The van der Waals surface area contributed by atoms with Crippen molar-refractivity contribution in [3.05, 3.63) is 22.9 Å². The molecule has 4 rings (SSSR count). The molecule has 2 fully saturated rings. The number of ether oxygens (including phenoxy) is 1. The lowest BCUT2D eigenvalue weighted by atomic mass is 10.2. The number of aromatic nitrogens is 3. The van der Waals surface area contributed by atoms with Crippen molar-refractivity contribution in [3.8, 4) is 0 Å². The summed E-state index contributed by atoms with van der Waals surface area (Å²) < 4.78 is 8.13. The van der Waals surface area contributed by atoms with Crippen LogP contribution in [-0.2, 0) is 4.74 Å². The van der Waals surface area contributed by atoms with E-state index in [0.717, 1.165) is 29.0 Å². The van der Waals surface area contributed by atoms with Gasteiger partial charge in [-0.25, -0.2) is 14.3 Å². The van der Waals surface area contributed by atoms with Crippen molar-refractivity contribution >= 4 is 33.5 Å². The maximum atomic E-state index is 12.3. The Morgan fingerprint density at radius 3 is 2.75 bits per heavy atom. The van der Waals surface area contributed by atoms with Gasteiger partial charge < -0.3 is 14.5 Å². The van der Waals surface area contributed by atoms with Crippen molar-refractivity contribution in [1.29, 1.82) is 0 Å². The highest BCUT2D eigenvalue weighted by Crippen LogP contribution is 2.34. The Hall–Kier alpha value is -1.83. The van der Waals surface area contributed by atoms with Gasteiger partial charge in [-0.15, -0.1) is 5.10 Å². The lowest BCUT2D eigenvalue weighted by Gasteiger charge is -2.35. The molecule has 0 spiro atoms. The van der Waals surface area contributed by atoms with Crippen molar-refractivity contribution in [1.82, 2.24) is 19.5 Å². The Morgan fingerprint density at radius 1 is 1.29 bits per heavy atom. The molecule has 0 aromatic carbocycles. The molecule has 128 valence electrons. The van der Waals surface area contributed by atoms with Gasteiger partial charge in [-0.2, -0.15) is 0 Å². The summed E-state index contributed by atoms with van der Waals surface area (Å²) in [6.07, 6.45) is 2.49. The average molecular weight is 394 g/mol. The molecular weight excluding hydrogens is 374 g/mol. The highest BCUT2D eigenvalue weighted by Gasteiger charge is 2.47. The minimum Gasteiger partial charge on any atom is -0.444 e. The quantitative estimate of drug-likeness (QED) is 0.744. The number of carbonyl (C=O) groups is 1. The summed E-state index contributed by atoms with van der Waals surface area (Å²) in [7, 11) is 0. The van der Waals surface area contributed by atoms with Gasteiger partial charge in [-0.05, 0) is 55.3 Å². The van der Waals surface area contributed by atoms with Gasteiger partial charge in [-0.3, -0.25) is 0 Å². The number of amides is 1. The van der Waals surface area contributed by atoms with E-state index < -0.39 is 5.60 Å². The van der Waals surface area contributed by atoms with Crippen LogP contribution in [0.4, 0.5) is 10.6 Å². The van der Waals surface area contributed by atoms with Gasteiger partial charge in [-0.1, -0.05) is 0 Å². The Labute approximate surface area is 148 Å². The normalized spacial score (nSPS) is 23.3. The molecule has 2 saturated heterocycles. The molecule has 2 aromatic heterocycles. The molecular formula is C16H20BrN5O2. The van der Waals surface area contributed by atoms with Gasteiger partial charge in [0.2, 0.25) is 0 Å². The van der Waals surface area contributed by atoms with E-state index in [1.54, 1.807) is 10.7 Å². The first-order valence-electron chi connectivity index (χ1n) is 8.08. The van der Waals surface area contributed by atoms with Crippen LogP contribution in [-0.4, -0.2) is 56.4 Å². The molecule has 4 heterocycles. The zero-order valence-corrected chi connectivity index (χ0v) is 15.5. The second kappa shape index (κ2) is 5.34. The minimum absolute atomic E-state index is 0.188. The summed E-state index contributed by atoms with van der Waals surface area (Å²) in [5, 5.41) is 4.66. The molecule has 1 amide bonds. The SMILES string of the molecule is CC(C)(C)OC(=O)N1CC2CC1CN2c1ccc2ncc(Br)n2n1. The smallest absolute Gasteiger partial charge is 0.410 e. The maximum absolute atomic E-state index is 12.3. The fraction of sp³-hybridized carbons (Fsp3) is 0.562. The number of rotatable bonds is 1. The predicted molar refractivity (Wildman–Crippen MR) is 93.2 cm³/mol. The van der Waals surface area contributed by atoms with Crippen LogP contribution in [0.1, 0.15) is 27.2 Å². The van der Waals surface area contributed by atoms with Crippen molar-refractivity contribution < 1.29 is 9.53 Å². The van der Waals surface area contributed by atoms with Crippen molar-refractivity contribution in [2.75, 3.05) is 18.0 Å². The molecule has 2 atom stereocenters. The van der Waals surface area contributed by atoms with E-state index in [0.29, 0.717) is 6.54 Å². The highest BCUT2D eigenvalue weighted by molar-refractivity contribution is 9.10. The Balaban J connectivity index is 1.51. The number of imidazole rings is 1. The lowest BCUT2D eigenvalue weighted by Crippen LogP contribution is -2.50. The second-order valence-electron chi connectivity index (χ2n) is 7.37. The van der Waals surface area contributed by atoms with Gasteiger partial charge in [0.25, 0.3) is 0 Å². The third-order valence-corrected chi connectivity index (χ3v) is 5.01. The standard InChI is InChI=1S/C16H20BrN5O2/c1-16(2,3)24-15(23)21-9-10-6-11(21)8-20(10)14-5-4-13-18-7-12(17)22(13)19-14/h4-5,7,10-11H,6,8-9H2,1-3H3. The van der Waals surface area contributed by atoms with E-state index >= 15 is 0 Å². The minimum atomic E-state index is -0.459. The Bertz CT molecular complexity index is 799. The number of fused-ring (bicyclic) bond motifs is 3. The monoisotopic (exact) mass is 393 g/mol. The van der Waals surface area contributed by atoms with E-state index in [-0.39, 0.29) is 18.2 Å². The van der Waals surface area contributed by atoms with Gasteiger partial charge in [0, 0.05) is 13.1 Å². The average Bonchev–Trinajstić information content (AvgIpc) is 3.19. The molecule has 24 heavy (non-hydrogen) atoms. The van der Waals surface area contributed by atoms with Gasteiger partial charge in [0.15, 0.2) is 5.65 Å². The largest absolute Gasteiger partial charge is 0.444 e. The zero-order valence-electron chi connectivity index (χ0n) is 13.9. The number of nitrogens with zero attached hydrogens (tertiary/aromatic N) is 5. The predicted octanol–water partition coefficient (Wildman–Crippen LogP) is 2.69. The van der Waals surface area contributed by atoms with E-state index in [9.17, 15) is 4.79 Å². The first kappa shape index (κ1) is 15.7. The number of piperazine rings is 1. The summed E-state index contributed by atoms with van der Waals surface area (Å²) in [5.41, 5.74) is 0.351. The number of halogens is 1. The molecule has 0 N–H and O–H groups in total. The van der Waals surface area contributed by atoms with Crippen LogP contribution in [0.15, 0.2) is 22.9 Å². The molecule has 2 bridgehead atoms. The van der Waals surface area contributed by atoms with Gasteiger partial charge >= 0.3 is 6.09 Å². The van der Waals surface area contributed by atoms with Crippen molar-refractivity contribution in [2.24, 2.45) is 0 Å². The molecule has 0 saturated carbocycles. The Kier molecular flexibility index (Phi) is 3.49. The summed E-state index contributed by atoms with van der Waals surface area (Å²) in [5.74, 6) is 0.914. The maximum Gasteiger partial charge on any atom is 0.410 e. The van der Waals surface area contributed by atoms with Crippen LogP contribution in [0, 0.1) is 0 Å². The number of hydrogen-bond donors (Lipinski definition) is 0. The summed E-state index contributed by atoms with van der Waals surface area (Å²) in [6.45, 7) is 7.16. The van der Waals surface area contributed by atoms with E-state index in [1.165, 1.54) is 0 Å². The van der Waals surface area contributed by atoms with E-state index in [1.807, 2.05) is 37.8 Å². The van der Waals surface area contributed by atoms with Gasteiger partial charge in [0.05, 0.1) is 18.3 Å². The van der Waals surface area contributed by atoms with Gasteiger partial charge in [0.1, 0.15) is 16.0 Å². The molecule has 2 aliphatic heterocycles. The first-order chi connectivity index (χ1) is 11.3. The molecule has 0 aliphatic carbocycles. The van der Waals surface area contributed by atoms with E-state index in [4.69, 9.17) is 4.74 Å². The molecule has 7 nitrogen and oxygen atoms in total. The molecule has 2 aromatic rings. The number of carbonyl (C=O) groups excluding carboxylic acids is 1. The number of hydrogen-bond acceptors (Lipinski definition) is 5. The first-order valence-corrected chi connectivity index (χ1v) is 8.88. The molecule has 2 unspecified atom stereocenters. The van der Waals surface area contributed by atoms with E-state index in [2.05, 4.69) is 30.9 Å². The fourth-order valence-electron chi connectivity index (χ4n) is 3.48. The van der Waals surface area contributed by atoms with Crippen LogP contribution in [0.5, 0.6) is 0 Å². The Morgan fingerprint density at radius 2 is 2.08 bits per heavy atom. The lowest BCUT2D eigenvalue weighted by molar-refractivity contribution is 0.0214. The van der Waals surface area contributed by atoms with Crippen LogP contribution >= 0.6 is 15.9 Å². The van der Waals surface area contributed by atoms with Crippen LogP contribution in [0.2, 0.25) is 0 Å². The van der Waals surface area contributed by atoms with Crippen molar-refractivity contribution in [3.63, 3.8) is 0 Å². The topological polar surface area (TPSA) is 63.0 Å². The van der Waals surface area contributed by atoms with Crippen LogP contribution in [0.3, 0.4) is 0 Å². The third kappa shape index (κ3) is 2.62. The molecule has 2 aliphatic rings. The second-order valence-corrected chi connectivity index (χ2v) is 8.18. The third-order valence-electron chi connectivity index (χ3n) is 4.47. The summed E-state index contributed by atoms with van der Waals surface area (Å²) >= 11 is 3.46. The van der Waals surface area contributed by atoms with Crippen molar-refractivity contribution in [2.45, 2.75) is 44.9 Å². The van der Waals surface area contributed by atoms with Crippen LogP contribution in [0.25, 0.3) is 5.65 Å². The zero-order chi connectivity index (χ0) is 17.1. The molecule has 0 radical (unpaired) electrons. The fourth-order valence-corrected chi connectivity index (χ4v) is 3.84. The molecule has 8 heteroatoms. The summed E-state index contributed by atoms with van der Waals surface area (Å²) in [4.78, 5) is 20.7.